The predicted octanol–water partition coefficient (Wildman–Crippen LogP) is 3.11. The fourth-order valence-corrected chi connectivity index (χ4v) is 3.90. The maximum absolute atomic E-state index is 12.6. The van der Waals surface area contributed by atoms with Crippen LogP contribution in [0.4, 0.5) is 0 Å². The van der Waals surface area contributed by atoms with Gasteiger partial charge in [0.1, 0.15) is 13.2 Å². The van der Waals surface area contributed by atoms with Crippen molar-refractivity contribution in [1.82, 2.24) is 4.72 Å². The van der Waals surface area contributed by atoms with Crippen LogP contribution in [0.3, 0.4) is 0 Å². The van der Waals surface area contributed by atoms with Gasteiger partial charge < -0.3 is 9.47 Å². The lowest BCUT2D eigenvalue weighted by molar-refractivity contribution is 0.171. The molecule has 0 saturated heterocycles. The van der Waals surface area contributed by atoms with Crippen LogP contribution in [0.5, 0.6) is 11.5 Å². The Kier molecular flexibility index (Phi) is 4.51. The van der Waals surface area contributed by atoms with Crippen LogP contribution in [0.1, 0.15) is 29.7 Å². The van der Waals surface area contributed by atoms with Gasteiger partial charge >= 0.3 is 0 Å². The molecule has 1 N–H and O–H groups in total. The zero-order valence-electron chi connectivity index (χ0n) is 14.0. The van der Waals surface area contributed by atoms with Crippen LogP contribution in [0.2, 0.25) is 0 Å². The molecule has 0 amide bonds. The molecule has 0 spiro atoms. The van der Waals surface area contributed by atoms with Crippen molar-refractivity contribution in [2.75, 3.05) is 13.2 Å². The Morgan fingerprint density at radius 1 is 0.958 bits per heavy atom. The molecule has 24 heavy (non-hydrogen) atoms. The van der Waals surface area contributed by atoms with Gasteiger partial charge in [0.15, 0.2) is 11.5 Å². The van der Waals surface area contributed by atoms with Gasteiger partial charge in [-0.25, -0.2) is 13.1 Å². The molecule has 6 heteroatoms. The molecule has 3 rings (SSSR count). The summed E-state index contributed by atoms with van der Waals surface area (Å²) in [5.41, 5.74) is 2.84. The van der Waals surface area contributed by atoms with Crippen molar-refractivity contribution < 1.29 is 17.9 Å². The number of sulfonamides is 1. The molecule has 1 atom stereocenters. The van der Waals surface area contributed by atoms with Gasteiger partial charge in [0.2, 0.25) is 10.0 Å². The molecule has 0 radical (unpaired) electrons. The number of fused-ring (bicyclic) bond motifs is 1. The number of ether oxygens (including phenoxy) is 2. The van der Waals surface area contributed by atoms with Crippen LogP contribution in [0, 0.1) is 13.8 Å². The van der Waals surface area contributed by atoms with Crippen LogP contribution >= 0.6 is 0 Å². The van der Waals surface area contributed by atoms with E-state index in [1.165, 1.54) is 0 Å². The molecule has 0 bridgehead atoms. The summed E-state index contributed by atoms with van der Waals surface area (Å²) in [7, 11) is -3.59. The first-order valence-corrected chi connectivity index (χ1v) is 9.34. The number of benzene rings is 2. The lowest BCUT2D eigenvalue weighted by Crippen LogP contribution is -2.27. The number of aryl methyl sites for hydroxylation is 2. The number of hydrogen-bond acceptors (Lipinski definition) is 4. The molecule has 5 nitrogen and oxygen atoms in total. The third kappa shape index (κ3) is 3.39. The van der Waals surface area contributed by atoms with E-state index in [1.807, 2.05) is 45.0 Å². The standard InChI is InChI=1S/C18H21NO4S/c1-12-4-6-16(10-13(12)2)24(20,21)19-14(3)15-5-7-17-18(11-15)23-9-8-22-17/h4-7,10-11,14,19H,8-9H2,1-3H3/t14-/m0/s1. The highest BCUT2D eigenvalue weighted by Crippen LogP contribution is 2.33. The number of rotatable bonds is 4. The molecule has 0 fully saturated rings. The van der Waals surface area contributed by atoms with Gasteiger partial charge in [-0.1, -0.05) is 12.1 Å². The van der Waals surface area contributed by atoms with E-state index in [0.29, 0.717) is 24.7 Å². The van der Waals surface area contributed by atoms with Crippen LogP contribution in [-0.2, 0) is 10.0 Å². The zero-order valence-corrected chi connectivity index (χ0v) is 14.8. The summed E-state index contributed by atoms with van der Waals surface area (Å²) in [6, 6.07) is 10.2. The summed E-state index contributed by atoms with van der Waals surface area (Å²) in [4.78, 5) is 0.273. The van der Waals surface area contributed by atoms with Crippen LogP contribution < -0.4 is 14.2 Å². The summed E-state index contributed by atoms with van der Waals surface area (Å²) in [6.07, 6.45) is 0. The first-order chi connectivity index (χ1) is 11.4. The molecular weight excluding hydrogens is 326 g/mol. The fourth-order valence-electron chi connectivity index (χ4n) is 2.58. The maximum Gasteiger partial charge on any atom is 0.241 e. The highest BCUT2D eigenvalue weighted by molar-refractivity contribution is 7.89. The molecule has 2 aromatic rings. The first-order valence-electron chi connectivity index (χ1n) is 7.86. The second kappa shape index (κ2) is 6.45. The fraction of sp³-hybridized carbons (Fsp3) is 0.333. The Morgan fingerprint density at radius 2 is 1.67 bits per heavy atom. The lowest BCUT2D eigenvalue weighted by Gasteiger charge is -2.21. The predicted molar refractivity (Wildman–Crippen MR) is 92.1 cm³/mol. The van der Waals surface area contributed by atoms with Crippen molar-refractivity contribution in [1.29, 1.82) is 0 Å². The van der Waals surface area contributed by atoms with E-state index in [-0.39, 0.29) is 10.9 Å². The largest absolute Gasteiger partial charge is 0.486 e. The van der Waals surface area contributed by atoms with Crippen molar-refractivity contribution in [2.45, 2.75) is 31.7 Å². The zero-order chi connectivity index (χ0) is 17.3. The highest BCUT2D eigenvalue weighted by atomic mass is 32.2. The van der Waals surface area contributed by atoms with Crippen LogP contribution in [0.25, 0.3) is 0 Å². The van der Waals surface area contributed by atoms with E-state index >= 15 is 0 Å². The minimum Gasteiger partial charge on any atom is -0.486 e. The number of nitrogens with one attached hydrogen (secondary N) is 1. The van der Waals surface area contributed by atoms with E-state index in [9.17, 15) is 8.42 Å². The van der Waals surface area contributed by atoms with Gasteiger partial charge in [-0.3, -0.25) is 0 Å². The second-order valence-corrected chi connectivity index (χ2v) is 7.71. The Hall–Kier alpha value is -2.05. The third-order valence-electron chi connectivity index (χ3n) is 4.19. The minimum atomic E-state index is -3.59. The first kappa shape index (κ1) is 16.8. The van der Waals surface area contributed by atoms with Gasteiger partial charge in [-0.2, -0.15) is 0 Å². The monoisotopic (exact) mass is 347 g/mol. The Bertz CT molecular complexity index is 861. The van der Waals surface area contributed by atoms with Gasteiger partial charge in [0, 0.05) is 6.04 Å². The van der Waals surface area contributed by atoms with Crippen molar-refractivity contribution in [3.63, 3.8) is 0 Å². The van der Waals surface area contributed by atoms with Gasteiger partial charge in [-0.15, -0.1) is 0 Å². The second-order valence-electron chi connectivity index (χ2n) is 5.99. The SMILES string of the molecule is Cc1ccc(S(=O)(=O)N[C@@H](C)c2ccc3c(c2)OCCO3)cc1C. The summed E-state index contributed by atoms with van der Waals surface area (Å²) in [6.45, 7) is 6.69. The molecule has 2 aromatic carbocycles. The average molecular weight is 347 g/mol. The summed E-state index contributed by atoms with van der Waals surface area (Å²) in [5, 5.41) is 0. The Morgan fingerprint density at radius 3 is 2.38 bits per heavy atom. The van der Waals surface area contributed by atoms with Crippen LogP contribution in [0.15, 0.2) is 41.3 Å². The van der Waals surface area contributed by atoms with E-state index in [0.717, 1.165) is 16.7 Å². The Balaban J connectivity index is 1.82. The third-order valence-corrected chi connectivity index (χ3v) is 5.73. The molecule has 1 heterocycles. The van der Waals surface area contributed by atoms with E-state index in [4.69, 9.17) is 9.47 Å². The molecule has 0 aromatic heterocycles. The Labute approximate surface area is 142 Å². The molecule has 0 aliphatic carbocycles. The van der Waals surface area contributed by atoms with E-state index in [1.54, 1.807) is 12.1 Å². The molecular formula is C18H21NO4S. The van der Waals surface area contributed by atoms with Crippen molar-refractivity contribution in [3.8, 4) is 11.5 Å². The lowest BCUT2D eigenvalue weighted by atomic mass is 10.1. The van der Waals surface area contributed by atoms with Gasteiger partial charge in [0.25, 0.3) is 0 Å². The molecule has 1 aliphatic heterocycles. The molecule has 128 valence electrons. The van der Waals surface area contributed by atoms with Crippen molar-refractivity contribution in [2.24, 2.45) is 0 Å². The highest BCUT2D eigenvalue weighted by Gasteiger charge is 2.20. The molecule has 0 unspecified atom stereocenters. The summed E-state index contributed by atoms with van der Waals surface area (Å²) < 4.78 is 39.0. The molecule has 1 aliphatic rings. The maximum atomic E-state index is 12.6. The summed E-state index contributed by atoms with van der Waals surface area (Å²) >= 11 is 0. The van der Waals surface area contributed by atoms with E-state index in [2.05, 4.69) is 4.72 Å². The van der Waals surface area contributed by atoms with Gasteiger partial charge in [0.05, 0.1) is 4.90 Å². The van der Waals surface area contributed by atoms with Crippen molar-refractivity contribution in [3.05, 3.63) is 53.1 Å². The molecule has 0 saturated carbocycles. The van der Waals surface area contributed by atoms with E-state index < -0.39 is 10.0 Å². The topological polar surface area (TPSA) is 64.6 Å². The summed E-state index contributed by atoms with van der Waals surface area (Å²) in [5.74, 6) is 1.34. The average Bonchev–Trinajstić information content (AvgIpc) is 2.56. The minimum absolute atomic E-state index is 0.273. The smallest absolute Gasteiger partial charge is 0.241 e. The van der Waals surface area contributed by atoms with Gasteiger partial charge in [-0.05, 0) is 61.7 Å². The normalized spacial score (nSPS) is 15.1. The quantitative estimate of drug-likeness (QED) is 0.923. The number of hydrogen-bond donors (Lipinski definition) is 1. The van der Waals surface area contributed by atoms with Crippen molar-refractivity contribution >= 4 is 10.0 Å². The van der Waals surface area contributed by atoms with Crippen LogP contribution in [-0.4, -0.2) is 21.6 Å².